The topological polar surface area (TPSA) is 71.1 Å². The predicted molar refractivity (Wildman–Crippen MR) is 74.2 cm³/mol. The molecular formula is C13H12FN3O2S. The standard InChI is InChI=1S/C13H12FN3O2S/c1-8-6-16-13(20-8)17-11(18)7-15-12(19)9-4-2-3-5-10(9)14/h2-6H,7H2,1H3,(H,15,19)(H,16,17,18). The molecule has 2 rings (SSSR count). The molecule has 2 aromatic rings. The average Bonchev–Trinajstić information content (AvgIpc) is 2.82. The zero-order valence-corrected chi connectivity index (χ0v) is 11.5. The second kappa shape index (κ2) is 6.25. The van der Waals surface area contributed by atoms with Gasteiger partial charge in [0.2, 0.25) is 5.91 Å². The molecule has 0 saturated carbocycles. The largest absolute Gasteiger partial charge is 0.343 e. The number of nitrogens with one attached hydrogen (secondary N) is 2. The van der Waals surface area contributed by atoms with Gasteiger partial charge in [-0.25, -0.2) is 9.37 Å². The molecule has 0 bridgehead atoms. The van der Waals surface area contributed by atoms with Crippen molar-refractivity contribution in [1.82, 2.24) is 10.3 Å². The normalized spacial score (nSPS) is 10.1. The Balaban J connectivity index is 1.87. The van der Waals surface area contributed by atoms with E-state index in [2.05, 4.69) is 15.6 Å². The molecule has 20 heavy (non-hydrogen) atoms. The highest BCUT2D eigenvalue weighted by Gasteiger charge is 2.12. The van der Waals surface area contributed by atoms with Crippen LogP contribution in [0, 0.1) is 12.7 Å². The summed E-state index contributed by atoms with van der Waals surface area (Å²) in [6, 6.07) is 5.58. The summed E-state index contributed by atoms with van der Waals surface area (Å²) >= 11 is 1.33. The van der Waals surface area contributed by atoms with Gasteiger partial charge in [-0.2, -0.15) is 0 Å². The van der Waals surface area contributed by atoms with Crippen LogP contribution in [0.15, 0.2) is 30.5 Å². The third-order valence-corrected chi connectivity index (χ3v) is 3.22. The molecular weight excluding hydrogens is 281 g/mol. The number of hydrogen-bond donors (Lipinski definition) is 2. The van der Waals surface area contributed by atoms with E-state index in [0.717, 1.165) is 4.88 Å². The molecule has 2 N–H and O–H groups in total. The molecule has 2 amide bonds. The number of nitrogens with zero attached hydrogens (tertiary/aromatic N) is 1. The van der Waals surface area contributed by atoms with Crippen molar-refractivity contribution in [2.24, 2.45) is 0 Å². The number of anilines is 1. The van der Waals surface area contributed by atoms with Gasteiger partial charge in [0, 0.05) is 11.1 Å². The van der Waals surface area contributed by atoms with Crippen LogP contribution in [0.2, 0.25) is 0 Å². The van der Waals surface area contributed by atoms with Crippen LogP contribution < -0.4 is 10.6 Å². The number of halogens is 1. The van der Waals surface area contributed by atoms with Crippen LogP contribution in [0.1, 0.15) is 15.2 Å². The maximum absolute atomic E-state index is 13.3. The summed E-state index contributed by atoms with van der Waals surface area (Å²) in [4.78, 5) is 28.2. The molecule has 1 aromatic heterocycles. The van der Waals surface area contributed by atoms with Gasteiger partial charge in [0.05, 0.1) is 12.1 Å². The number of carbonyl (C=O) groups excluding carboxylic acids is 2. The second-order valence-electron chi connectivity index (χ2n) is 3.99. The Hall–Kier alpha value is -2.28. The van der Waals surface area contributed by atoms with Crippen molar-refractivity contribution >= 4 is 28.3 Å². The van der Waals surface area contributed by atoms with E-state index in [1.807, 2.05) is 6.92 Å². The molecule has 1 heterocycles. The van der Waals surface area contributed by atoms with E-state index in [1.165, 1.54) is 29.5 Å². The molecule has 0 atom stereocenters. The highest BCUT2D eigenvalue weighted by atomic mass is 32.1. The summed E-state index contributed by atoms with van der Waals surface area (Å²) in [6.45, 7) is 1.62. The van der Waals surface area contributed by atoms with Crippen LogP contribution in [-0.2, 0) is 4.79 Å². The third-order valence-electron chi connectivity index (χ3n) is 2.40. The Bertz CT molecular complexity index is 642. The maximum atomic E-state index is 13.3. The molecule has 0 radical (unpaired) electrons. The number of amides is 2. The molecule has 0 spiro atoms. The molecule has 104 valence electrons. The maximum Gasteiger partial charge on any atom is 0.254 e. The highest BCUT2D eigenvalue weighted by Crippen LogP contribution is 2.15. The number of aromatic nitrogens is 1. The Labute approximate surface area is 118 Å². The molecule has 0 unspecified atom stereocenters. The SMILES string of the molecule is Cc1cnc(NC(=O)CNC(=O)c2ccccc2F)s1. The van der Waals surface area contributed by atoms with E-state index in [1.54, 1.807) is 12.3 Å². The lowest BCUT2D eigenvalue weighted by Gasteiger charge is -2.05. The Morgan fingerprint density at radius 2 is 2.10 bits per heavy atom. The van der Waals surface area contributed by atoms with Gasteiger partial charge in [-0.1, -0.05) is 12.1 Å². The first-order chi connectivity index (χ1) is 9.56. The number of thiazole rings is 1. The van der Waals surface area contributed by atoms with Gasteiger partial charge in [-0.15, -0.1) is 11.3 Å². The fourth-order valence-electron chi connectivity index (χ4n) is 1.48. The first kappa shape index (κ1) is 14.1. The van der Waals surface area contributed by atoms with Crippen LogP contribution in [0.5, 0.6) is 0 Å². The smallest absolute Gasteiger partial charge is 0.254 e. The summed E-state index contributed by atoms with van der Waals surface area (Å²) in [7, 11) is 0. The van der Waals surface area contributed by atoms with E-state index in [-0.39, 0.29) is 12.1 Å². The minimum absolute atomic E-state index is 0.0922. The summed E-state index contributed by atoms with van der Waals surface area (Å²) in [5.41, 5.74) is -0.0922. The van der Waals surface area contributed by atoms with Crippen LogP contribution in [0.25, 0.3) is 0 Å². The van der Waals surface area contributed by atoms with Gasteiger partial charge in [0.1, 0.15) is 5.82 Å². The van der Waals surface area contributed by atoms with Crippen LogP contribution in [0.3, 0.4) is 0 Å². The minimum Gasteiger partial charge on any atom is -0.343 e. The van der Waals surface area contributed by atoms with E-state index in [0.29, 0.717) is 5.13 Å². The third kappa shape index (κ3) is 3.61. The highest BCUT2D eigenvalue weighted by molar-refractivity contribution is 7.15. The second-order valence-corrected chi connectivity index (χ2v) is 5.22. The first-order valence-electron chi connectivity index (χ1n) is 5.81. The van der Waals surface area contributed by atoms with E-state index in [4.69, 9.17) is 0 Å². The lowest BCUT2D eigenvalue weighted by atomic mass is 10.2. The lowest BCUT2D eigenvalue weighted by Crippen LogP contribution is -2.33. The number of aryl methyl sites for hydroxylation is 1. The van der Waals surface area contributed by atoms with Crippen LogP contribution in [-0.4, -0.2) is 23.3 Å². The van der Waals surface area contributed by atoms with Gasteiger partial charge in [-0.3, -0.25) is 9.59 Å². The van der Waals surface area contributed by atoms with Gasteiger partial charge in [0.15, 0.2) is 5.13 Å². The number of benzene rings is 1. The Morgan fingerprint density at radius 3 is 2.75 bits per heavy atom. The summed E-state index contributed by atoms with van der Waals surface area (Å²) in [6.07, 6.45) is 1.64. The molecule has 0 aliphatic rings. The zero-order valence-electron chi connectivity index (χ0n) is 10.6. The quantitative estimate of drug-likeness (QED) is 0.905. The lowest BCUT2D eigenvalue weighted by molar-refractivity contribution is -0.115. The van der Waals surface area contributed by atoms with Crippen LogP contribution in [0.4, 0.5) is 9.52 Å². The number of rotatable bonds is 4. The Morgan fingerprint density at radius 1 is 1.35 bits per heavy atom. The van der Waals surface area contributed by atoms with Crippen molar-refractivity contribution < 1.29 is 14.0 Å². The molecule has 0 aliphatic heterocycles. The van der Waals surface area contributed by atoms with E-state index in [9.17, 15) is 14.0 Å². The predicted octanol–water partition coefficient (Wildman–Crippen LogP) is 1.96. The first-order valence-corrected chi connectivity index (χ1v) is 6.63. The molecule has 1 aromatic carbocycles. The fraction of sp³-hybridized carbons (Fsp3) is 0.154. The van der Waals surface area contributed by atoms with Crippen molar-refractivity contribution in [2.45, 2.75) is 6.92 Å². The van der Waals surface area contributed by atoms with Gasteiger partial charge in [0.25, 0.3) is 5.91 Å². The van der Waals surface area contributed by atoms with Crippen molar-refractivity contribution in [2.75, 3.05) is 11.9 Å². The molecule has 0 aliphatic carbocycles. The van der Waals surface area contributed by atoms with Gasteiger partial charge >= 0.3 is 0 Å². The molecule has 7 heteroatoms. The zero-order chi connectivity index (χ0) is 14.5. The van der Waals surface area contributed by atoms with Crippen molar-refractivity contribution in [1.29, 1.82) is 0 Å². The van der Waals surface area contributed by atoms with Crippen molar-refractivity contribution in [3.05, 3.63) is 46.7 Å². The summed E-state index contributed by atoms with van der Waals surface area (Å²) < 4.78 is 13.3. The van der Waals surface area contributed by atoms with E-state index >= 15 is 0 Å². The average molecular weight is 293 g/mol. The summed E-state index contributed by atoms with van der Waals surface area (Å²) in [5.74, 6) is -1.67. The molecule has 5 nitrogen and oxygen atoms in total. The van der Waals surface area contributed by atoms with E-state index < -0.39 is 17.6 Å². The Kier molecular flexibility index (Phi) is 4.41. The van der Waals surface area contributed by atoms with Crippen molar-refractivity contribution in [3.8, 4) is 0 Å². The number of carbonyl (C=O) groups is 2. The molecule has 0 fully saturated rings. The van der Waals surface area contributed by atoms with Crippen molar-refractivity contribution in [3.63, 3.8) is 0 Å². The fourth-order valence-corrected chi connectivity index (χ4v) is 2.16. The molecule has 0 saturated heterocycles. The number of hydrogen-bond acceptors (Lipinski definition) is 4. The van der Waals surface area contributed by atoms with Gasteiger partial charge < -0.3 is 10.6 Å². The van der Waals surface area contributed by atoms with Gasteiger partial charge in [-0.05, 0) is 19.1 Å². The minimum atomic E-state index is -0.631. The van der Waals surface area contributed by atoms with Crippen LogP contribution >= 0.6 is 11.3 Å². The summed E-state index contributed by atoms with van der Waals surface area (Å²) in [5, 5.41) is 5.36. The monoisotopic (exact) mass is 293 g/mol.